The maximum Gasteiger partial charge on any atom is 0.224 e. The summed E-state index contributed by atoms with van der Waals surface area (Å²) in [5.74, 6) is 0.133. The minimum Gasteiger partial charge on any atom is -0.338 e. The van der Waals surface area contributed by atoms with Crippen molar-refractivity contribution in [2.75, 3.05) is 13.1 Å². The Bertz CT molecular complexity index is 378. The lowest BCUT2D eigenvalue weighted by Crippen LogP contribution is -2.32. The average molecular weight is 283 g/mol. The molecule has 2 N–H and O–H groups in total. The lowest BCUT2D eigenvalue weighted by Gasteiger charge is -2.22. The van der Waals surface area contributed by atoms with Gasteiger partial charge in [-0.05, 0) is 24.1 Å². The Hall–Kier alpha value is -1.06. The van der Waals surface area contributed by atoms with Gasteiger partial charge in [-0.1, -0.05) is 43.5 Å². The number of hydrogen-bond acceptors (Lipinski definition) is 2. The molecule has 1 amide bonds. The van der Waals surface area contributed by atoms with E-state index in [2.05, 4.69) is 6.92 Å². The van der Waals surface area contributed by atoms with Crippen LogP contribution in [0.25, 0.3) is 0 Å². The van der Waals surface area contributed by atoms with Gasteiger partial charge in [0, 0.05) is 31.1 Å². The van der Waals surface area contributed by atoms with E-state index in [-0.39, 0.29) is 5.91 Å². The second-order valence-electron chi connectivity index (χ2n) is 4.69. The lowest BCUT2D eigenvalue weighted by atomic mass is 10.2. The molecule has 0 aliphatic heterocycles. The summed E-state index contributed by atoms with van der Waals surface area (Å²) in [6, 6.07) is 7.64. The number of carbonyl (C=O) groups excluding carboxylic acids is 1. The summed E-state index contributed by atoms with van der Waals surface area (Å²) in [6.07, 6.45) is 3.76. The molecule has 0 radical (unpaired) electrons. The second-order valence-corrected chi connectivity index (χ2v) is 5.12. The van der Waals surface area contributed by atoms with Crippen LogP contribution in [0.2, 0.25) is 5.02 Å². The Labute approximate surface area is 120 Å². The SMILES string of the molecule is CCCCCN(Cc1ccc(Cl)cc1)C(=O)CCN. The van der Waals surface area contributed by atoms with Gasteiger partial charge in [-0.2, -0.15) is 0 Å². The molecule has 106 valence electrons. The van der Waals surface area contributed by atoms with Gasteiger partial charge in [0.1, 0.15) is 0 Å². The van der Waals surface area contributed by atoms with Crippen LogP contribution < -0.4 is 5.73 Å². The van der Waals surface area contributed by atoms with Crippen molar-refractivity contribution < 1.29 is 4.79 Å². The van der Waals surface area contributed by atoms with Crippen molar-refractivity contribution in [3.63, 3.8) is 0 Å². The van der Waals surface area contributed by atoms with Crippen molar-refractivity contribution in [2.45, 2.75) is 39.2 Å². The van der Waals surface area contributed by atoms with Gasteiger partial charge in [0.25, 0.3) is 0 Å². The van der Waals surface area contributed by atoms with Gasteiger partial charge in [-0.25, -0.2) is 0 Å². The molecule has 3 nitrogen and oxygen atoms in total. The fourth-order valence-electron chi connectivity index (χ4n) is 1.94. The molecule has 0 spiro atoms. The van der Waals surface area contributed by atoms with E-state index in [0.29, 0.717) is 19.5 Å². The number of unbranched alkanes of at least 4 members (excludes halogenated alkanes) is 2. The van der Waals surface area contributed by atoms with Crippen molar-refractivity contribution in [3.8, 4) is 0 Å². The van der Waals surface area contributed by atoms with Crippen LogP contribution >= 0.6 is 11.6 Å². The number of rotatable bonds is 8. The van der Waals surface area contributed by atoms with E-state index in [1.807, 2.05) is 29.2 Å². The summed E-state index contributed by atoms with van der Waals surface area (Å²) in [5, 5.41) is 0.717. The van der Waals surface area contributed by atoms with Crippen LogP contribution in [0.1, 0.15) is 38.2 Å². The van der Waals surface area contributed by atoms with Crippen LogP contribution in [0.3, 0.4) is 0 Å². The van der Waals surface area contributed by atoms with Crippen LogP contribution in [0.5, 0.6) is 0 Å². The molecule has 1 aromatic rings. The van der Waals surface area contributed by atoms with Gasteiger partial charge in [0.15, 0.2) is 0 Å². The normalized spacial score (nSPS) is 10.5. The lowest BCUT2D eigenvalue weighted by molar-refractivity contribution is -0.131. The van der Waals surface area contributed by atoms with Crippen molar-refractivity contribution in [1.82, 2.24) is 4.90 Å². The number of nitrogens with two attached hydrogens (primary N) is 1. The zero-order valence-corrected chi connectivity index (χ0v) is 12.3. The third-order valence-corrected chi connectivity index (χ3v) is 3.28. The highest BCUT2D eigenvalue weighted by molar-refractivity contribution is 6.30. The van der Waals surface area contributed by atoms with E-state index in [1.54, 1.807) is 0 Å². The van der Waals surface area contributed by atoms with Crippen molar-refractivity contribution in [1.29, 1.82) is 0 Å². The van der Waals surface area contributed by atoms with Gasteiger partial charge >= 0.3 is 0 Å². The minimum atomic E-state index is 0.133. The smallest absolute Gasteiger partial charge is 0.224 e. The van der Waals surface area contributed by atoms with E-state index in [9.17, 15) is 4.79 Å². The van der Waals surface area contributed by atoms with Gasteiger partial charge in [-0.3, -0.25) is 4.79 Å². The topological polar surface area (TPSA) is 46.3 Å². The predicted molar refractivity (Wildman–Crippen MR) is 80.1 cm³/mol. The fourth-order valence-corrected chi connectivity index (χ4v) is 2.06. The molecule has 0 atom stereocenters. The number of hydrogen-bond donors (Lipinski definition) is 1. The first-order valence-corrected chi connectivity index (χ1v) is 7.27. The fraction of sp³-hybridized carbons (Fsp3) is 0.533. The summed E-state index contributed by atoms with van der Waals surface area (Å²) in [4.78, 5) is 13.9. The highest BCUT2D eigenvalue weighted by atomic mass is 35.5. The molecule has 0 unspecified atom stereocenters. The summed E-state index contributed by atoms with van der Waals surface area (Å²) in [6.45, 7) is 4.00. The Morgan fingerprint density at radius 2 is 1.95 bits per heavy atom. The predicted octanol–water partition coefficient (Wildman–Crippen LogP) is 3.21. The van der Waals surface area contributed by atoms with Crippen LogP contribution in [-0.2, 0) is 11.3 Å². The Balaban J connectivity index is 2.61. The molecule has 0 saturated carbocycles. The number of nitrogens with zero attached hydrogens (tertiary/aromatic N) is 1. The number of benzene rings is 1. The quantitative estimate of drug-likeness (QED) is 0.744. The molecule has 0 bridgehead atoms. The molecule has 0 fully saturated rings. The molecule has 4 heteroatoms. The molecule has 0 aromatic heterocycles. The Morgan fingerprint density at radius 3 is 2.53 bits per heavy atom. The van der Waals surface area contributed by atoms with Crippen molar-refractivity contribution in [3.05, 3.63) is 34.9 Å². The molecule has 1 aromatic carbocycles. The number of carbonyl (C=O) groups is 1. The van der Waals surface area contributed by atoms with E-state index in [4.69, 9.17) is 17.3 Å². The minimum absolute atomic E-state index is 0.133. The van der Waals surface area contributed by atoms with Crippen molar-refractivity contribution >= 4 is 17.5 Å². The first-order valence-electron chi connectivity index (χ1n) is 6.89. The zero-order chi connectivity index (χ0) is 14.1. The molecule has 19 heavy (non-hydrogen) atoms. The van der Waals surface area contributed by atoms with Crippen LogP contribution in [-0.4, -0.2) is 23.9 Å². The maximum absolute atomic E-state index is 12.0. The first kappa shape index (κ1) is 16.0. The Morgan fingerprint density at radius 1 is 1.26 bits per heavy atom. The molecular weight excluding hydrogens is 260 g/mol. The maximum atomic E-state index is 12.0. The molecule has 0 heterocycles. The van der Waals surface area contributed by atoms with E-state index >= 15 is 0 Å². The third-order valence-electron chi connectivity index (χ3n) is 3.03. The van der Waals surface area contributed by atoms with Gasteiger partial charge in [0.2, 0.25) is 5.91 Å². The molecule has 0 aliphatic rings. The average Bonchev–Trinajstić information content (AvgIpc) is 2.40. The largest absolute Gasteiger partial charge is 0.338 e. The summed E-state index contributed by atoms with van der Waals surface area (Å²) in [7, 11) is 0. The number of halogens is 1. The van der Waals surface area contributed by atoms with Gasteiger partial charge in [-0.15, -0.1) is 0 Å². The Kier molecular flexibility index (Phi) is 7.53. The molecule has 0 aliphatic carbocycles. The monoisotopic (exact) mass is 282 g/mol. The van der Waals surface area contributed by atoms with Crippen LogP contribution in [0.15, 0.2) is 24.3 Å². The molecule has 1 rings (SSSR count). The van der Waals surface area contributed by atoms with E-state index < -0.39 is 0 Å². The number of amides is 1. The summed E-state index contributed by atoms with van der Waals surface area (Å²) >= 11 is 5.87. The van der Waals surface area contributed by atoms with Gasteiger partial charge in [0.05, 0.1) is 0 Å². The summed E-state index contributed by atoms with van der Waals surface area (Å²) < 4.78 is 0. The molecule has 0 saturated heterocycles. The zero-order valence-electron chi connectivity index (χ0n) is 11.6. The highest BCUT2D eigenvalue weighted by Crippen LogP contribution is 2.13. The van der Waals surface area contributed by atoms with Crippen LogP contribution in [0.4, 0.5) is 0 Å². The van der Waals surface area contributed by atoms with Gasteiger partial charge < -0.3 is 10.6 Å². The standard InChI is InChI=1S/C15H23ClN2O/c1-2-3-4-11-18(15(19)9-10-17)12-13-5-7-14(16)8-6-13/h5-8H,2-4,9-12,17H2,1H3. The third kappa shape index (κ3) is 6.08. The van der Waals surface area contributed by atoms with Crippen molar-refractivity contribution in [2.24, 2.45) is 5.73 Å². The molecular formula is C15H23ClN2O. The summed E-state index contributed by atoms with van der Waals surface area (Å²) in [5.41, 5.74) is 6.57. The van der Waals surface area contributed by atoms with Crippen LogP contribution in [0, 0.1) is 0 Å². The first-order chi connectivity index (χ1) is 9.17. The van der Waals surface area contributed by atoms with E-state index in [0.717, 1.165) is 36.4 Å². The van der Waals surface area contributed by atoms with E-state index in [1.165, 1.54) is 0 Å². The highest BCUT2D eigenvalue weighted by Gasteiger charge is 2.12. The second kappa shape index (κ2) is 8.94.